The summed E-state index contributed by atoms with van der Waals surface area (Å²) in [6.45, 7) is -0.287. The summed E-state index contributed by atoms with van der Waals surface area (Å²) in [4.78, 5) is 58.0. The number of hydrogen-bond acceptors (Lipinski definition) is 8. The van der Waals surface area contributed by atoms with Crippen LogP contribution in [0.2, 0.25) is 0 Å². The minimum atomic E-state index is -4.75. The molecule has 3 fully saturated rings. The number of imide groups is 1. The molecule has 14 heteroatoms. The maximum Gasteiger partial charge on any atom is 0.418 e. The van der Waals surface area contributed by atoms with Crippen molar-refractivity contribution in [2.24, 2.45) is 29.6 Å². The van der Waals surface area contributed by atoms with Gasteiger partial charge in [0, 0.05) is 27.1 Å². The first-order chi connectivity index (χ1) is 25.5. The smallest absolute Gasteiger partial charge is 0.418 e. The molecule has 2 aliphatic heterocycles. The van der Waals surface area contributed by atoms with Crippen molar-refractivity contribution in [1.29, 1.82) is 0 Å². The molecule has 4 aliphatic rings. The van der Waals surface area contributed by atoms with Gasteiger partial charge in [0.15, 0.2) is 18.1 Å². The van der Waals surface area contributed by atoms with Crippen LogP contribution in [0.25, 0.3) is 10.8 Å². The molecule has 3 amide bonds. The number of rotatable bonds is 7. The van der Waals surface area contributed by atoms with Crippen molar-refractivity contribution in [1.82, 2.24) is 4.98 Å². The summed E-state index contributed by atoms with van der Waals surface area (Å²) in [5.41, 5.74) is -0.0148. The van der Waals surface area contributed by atoms with Gasteiger partial charge in [0.25, 0.3) is 5.91 Å². The van der Waals surface area contributed by atoms with Crippen molar-refractivity contribution in [2.45, 2.75) is 28.8 Å². The van der Waals surface area contributed by atoms with Crippen LogP contribution < -0.4 is 24.6 Å². The Kier molecular flexibility index (Phi) is 7.96. The fourth-order valence-electron chi connectivity index (χ4n) is 9.20. The number of alkyl halides is 3. The number of para-hydroxylation sites is 1. The molecule has 9 nitrogen and oxygen atoms in total. The van der Waals surface area contributed by atoms with E-state index >= 15 is 0 Å². The molecule has 2 aliphatic carbocycles. The van der Waals surface area contributed by atoms with E-state index in [0.717, 1.165) is 43.5 Å². The zero-order valence-corrected chi connectivity index (χ0v) is 29.5. The largest absolute Gasteiger partial charge is 0.493 e. The highest BCUT2D eigenvalue weighted by atomic mass is 32.2. The van der Waals surface area contributed by atoms with Crippen LogP contribution in [0.4, 0.5) is 24.5 Å². The van der Waals surface area contributed by atoms with Crippen LogP contribution in [0.1, 0.15) is 28.3 Å². The zero-order valence-electron chi connectivity index (χ0n) is 27.9. The fourth-order valence-corrected chi connectivity index (χ4v) is 12.1. The minimum Gasteiger partial charge on any atom is -0.493 e. The van der Waals surface area contributed by atoms with Gasteiger partial charge < -0.3 is 19.8 Å². The number of aromatic amines is 1. The normalized spacial score (nSPS) is 25.7. The number of ether oxygens (including phenoxy) is 2. The molecule has 0 spiro atoms. The third kappa shape index (κ3) is 5.36. The van der Waals surface area contributed by atoms with Crippen LogP contribution in [0.3, 0.4) is 0 Å². The molecular formula is C39H30F3N3O6S2. The highest BCUT2D eigenvalue weighted by Crippen LogP contribution is 2.69. The number of nitrogens with one attached hydrogen (secondary N) is 2. The lowest BCUT2D eigenvalue weighted by molar-refractivity contribution is -0.137. The number of halogens is 3. The second-order valence-corrected chi connectivity index (χ2v) is 16.0. The predicted octanol–water partition coefficient (Wildman–Crippen LogP) is 7.31. The first-order valence-electron chi connectivity index (χ1n) is 17.1. The van der Waals surface area contributed by atoms with Gasteiger partial charge in [0.1, 0.15) is 0 Å². The lowest BCUT2D eigenvalue weighted by Crippen LogP contribution is -2.42. The molecule has 7 atom stereocenters. The summed E-state index contributed by atoms with van der Waals surface area (Å²) in [7, 11) is 1.49. The molecule has 270 valence electrons. The molecule has 3 heterocycles. The number of anilines is 2. The number of H-pyrrole nitrogens is 1. The van der Waals surface area contributed by atoms with E-state index in [2.05, 4.69) is 10.3 Å². The van der Waals surface area contributed by atoms with E-state index in [0.29, 0.717) is 28.6 Å². The van der Waals surface area contributed by atoms with Crippen LogP contribution in [-0.4, -0.2) is 41.7 Å². The number of benzene rings is 4. The van der Waals surface area contributed by atoms with E-state index in [9.17, 15) is 32.3 Å². The topological polar surface area (TPSA) is 118 Å². The summed E-state index contributed by atoms with van der Waals surface area (Å²) in [5.74, 6) is -3.54. The SMILES string of the molecule is COc1cc([C@H]2c3sc(=O)[nH]c3SC3C2[C@H]2C[C@@H]3C3C(=O)N(c4ccccc4C(F)(F)F)C(=O)C32)ccc1OCC(=O)Nc1cccc2ccccc12. The fraction of sp³-hybridized carbons (Fsp3) is 0.282. The molecule has 1 aromatic heterocycles. The molecule has 53 heavy (non-hydrogen) atoms. The van der Waals surface area contributed by atoms with Crippen molar-refractivity contribution in [3.8, 4) is 11.5 Å². The quantitative estimate of drug-likeness (QED) is 0.167. The number of thioether (sulfide) groups is 1. The second-order valence-electron chi connectivity index (χ2n) is 13.8. The van der Waals surface area contributed by atoms with Gasteiger partial charge in [-0.2, -0.15) is 13.2 Å². The Labute approximate surface area is 308 Å². The summed E-state index contributed by atoms with van der Waals surface area (Å²) in [5, 5.41) is 5.32. The van der Waals surface area contributed by atoms with Crippen molar-refractivity contribution < 1.29 is 37.0 Å². The number of methoxy groups -OCH3 is 1. The Hall–Kier alpha value is -5.08. The molecule has 0 radical (unpaired) electrons. The van der Waals surface area contributed by atoms with Gasteiger partial charge in [0.2, 0.25) is 11.8 Å². The molecule has 9 rings (SSSR count). The molecule has 2 saturated carbocycles. The van der Waals surface area contributed by atoms with E-state index < -0.39 is 41.1 Å². The van der Waals surface area contributed by atoms with Crippen molar-refractivity contribution >= 4 is 63.0 Å². The third-order valence-corrected chi connectivity index (χ3v) is 13.7. The average molecular weight is 758 g/mol. The zero-order chi connectivity index (χ0) is 36.8. The van der Waals surface area contributed by atoms with Gasteiger partial charge in [-0.15, -0.1) is 11.8 Å². The van der Waals surface area contributed by atoms with Gasteiger partial charge in [-0.1, -0.05) is 65.9 Å². The molecular weight excluding hydrogens is 728 g/mol. The molecule has 5 aromatic rings. The first-order valence-corrected chi connectivity index (χ1v) is 18.7. The summed E-state index contributed by atoms with van der Waals surface area (Å²) in [6.07, 6.45) is -4.18. The van der Waals surface area contributed by atoms with Crippen molar-refractivity contribution in [2.75, 3.05) is 23.9 Å². The van der Waals surface area contributed by atoms with E-state index in [1.54, 1.807) is 12.1 Å². The number of hydrogen-bond donors (Lipinski definition) is 2. The van der Waals surface area contributed by atoms with Crippen LogP contribution >= 0.6 is 23.1 Å². The van der Waals surface area contributed by atoms with E-state index in [-0.39, 0.29) is 46.3 Å². The molecule has 4 unspecified atom stereocenters. The van der Waals surface area contributed by atoms with Gasteiger partial charge in [-0.3, -0.25) is 19.2 Å². The minimum absolute atomic E-state index is 0.168. The number of thiazole rings is 1. The molecule has 1 saturated heterocycles. The van der Waals surface area contributed by atoms with Crippen LogP contribution in [0, 0.1) is 29.6 Å². The van der Waals surface area contributed by atoms with Crippen LogP contribution in [0.5, 0.6) is 11.5 Å². The lowest BCUT2D eigenvalue weighted by Gasteiger charge is -2.43. The number of amides is 3. The monoisotopic (exact) mass is 757 g/mol. The Bertz CT molecular complexity index is 2390. The Morgan fingerprint density at radius 2 is 1.66 bits per heavy atom. The molecule has 4 aromatic carbocycles. The average Bonchev–Trinajstić information content (AvgIpc) is 3.89. The molecule has 2 bridgehead atoms. The Morgan fingerprint density at radius 1 is 0.925 bits per heavy atom. The molecule has 2 N–H and O–H groups in total. The number of nitrogens with zero attached hydrogens (tertiary/aromatic N) is 1. The van der Waals surface area contributed by atoms with Crippen molar-refractivity contribution in [3.05, 3.63) is 111 Å². The van der Waals surface area contributed by atoms with Crippen molar-refractivity contribution in [3.63, 3.8) is 0 Å². The van der Waals surface area contributed by atoms with E-state index in [4.69, 9.17) is 9.47 Å². The predicted molar refractivity (Wildman–Crippen MR) is 193 cm³/mol. The number of carbonyl (C=O) groups is 3. The maximum absolute atomic E-state index is 14.1. The Balaban J connectivity index is 1.01. The summed E-state index contributed by atoms with van der Waals surface area (Å²) in [6, 6.07) is 23.4. The summed E-state index contributed by atoms with van der Waals surface area (Å²) >= 11 is 2.57. The lowest BCUT2D eigenvalue weighted by atomic mass is 9.68. The van der Waals surface area contributed by atoms with E-state index in [1.165, 1.54) is 37.1 Å². The van der Waals surface area contributed by atoms with Gasteiger partial charge in [-0.05, 0) is 65.5 Å². The van der Waals surface area contributed by atoms with Gasteiger partial charge in [0.05, 0.1) is 35.2 Å². The maximum atomic E-state index is 14.1. The van der Waals surface area contributed by atoms with Crippen LogP contribution in [0.15, 0.2) is 94.7 Å². The summed E-state index contributed by atoms with van der Waals surface area (Å²) < 4.78 is 53.8. The second kappa shape index (κ2) is 12.5. The van der Waals surface area contributed by atoms with Gasteiger partial charge >= 0.3 is 11.0 Å². The number of fused-ring (bicyclic) bond motifs is 10. The Morgan fingerprint density at radius 3 is 2.45 bits per heavy atom. The highest BCUT2D eigenvalue weighted by molar-refractivity contribution is 8.00. The first kappa shape index (κ1) is 33.7. The third-order valence-electron chi connectivity index (χ3n) is 11.1. The highest BCUT2D eigenvalue weighted by Gasteiger charge is 2.70. The standard InChI is InChI=1S/C39H30F3N3O6S2/c1-50-27-15-19(13-14-26(27)51-17-28(46)43-24-11-6-8-18-7-2-3-9-20(18)24)29-30-21-16-22(33(30)52-35-34(29)53-38(49)44-35)32-31(21)36(47)45(37(32)48)25-12-5-4-10-23(25)39(40,41)42/h2-15,21-22,29-33H,16-17H2,1H3,(H,43,46)(H,44,49)/t21-,22-,29-,30?,31?,32?,33?/m1/s1. The number of aromatic nitrogens is 1. The van der Waals surface area contributed by atoms with Gasteiger partial charge in [-0.25, -0.2) is 4.90 Å². The number of carbonyl (C=O) groups excluding carboxylic acids is 3. The van der Waals surface area contributed by atoms with Crippen LogP contribution in [-0.2, 0) is 20.6 Å². The van der Waals surface area contributed by atoms with E-state index in [1.807, 2.05) is 48.5 Å².